The first-order valence-corrected chi connectivity index (χ1v) is 14.0. The fourth-order valence-corrected chi connectivity index (χ4v) is 6.53. The number of hydrogen-bond donors (Lipinski definition) is 0. The number of ketones is 1. The molecule has 4 atom stereocenters. The third kappa shape index (κ3) is 5.07. The van der Waals surface area contributed by atoms with Gasteiger partial charge in [0.25, 0.3) is 23.4 Å². The number of nitro benzene ring substituents is 1. The number of rotatable bonds is 8. The van der Waals surface area contributed by atoms with Gasteiger partial charge >= 0.3 is 5.97 Å². The van der Waals surface area contributed by atoms with Crippen LogP contribution in [0.1, 0.15) is 55.9 Å². The zero-order valence-electron chi connectivity index (χ0n) is 23.2. The number of benzene rings is 3. The molecule has 1 heterocycles. The number of carbonyl (C=O) groups excluding carboxylic acids is 5. The number of aryl methyl sites for hydroxylation is 1. The number of imide groups is 1. The average molecular weight is 582 g/mol. The second kappa shape index (κ2) is 10.9. The summed E-state index contributed by atoms with van der Waals surface area (Å²) in [5.74, 6) is -3.62. The first-order valence-electron chi connectivity index (χ1n) is 14.0. The molecule has 0 N–H and O–H groups in total. The van der Waals surface area contributed by atoms with Crippen LogP contribution in [0.3, 0.4) is 0 Å². The molecule has 0 radical (unpaired) electrons. The van der Waals surface area contributed by atoms with Gasteiger partial charge in [0.15, 0.2) is 5.78 Å². The van der Waals surface area contributed by atoms with Crippen LogP contribution in [-0.2, 0) is 9.59 Å². The zero-order valence-corrected chi connectivity index (χ0v) is 23.2. The molecule has 43 heavy (non-hydrogen) atoms. The van der Waals surface area contributed by atoms with Crippen molar-refractivity contribution in [2.75, 3.05) is 6.54 Å². The highest BCUT2D eigenvalue weighted by Crippen LogP contribution is 2.56. The number of nitro groups is 1. The largest absolute Gasteiger partial charge is 0.423 e. The number of amides is 3. The Morgan fingerprint density at radius 2 is 1.37 bits per heavy atom. The van der Waals surface area contributed by atoms with Crippen LogP contribution < -0.4 is 4.74 Å². The number of hydrazine groups is 1. The Kier molecular flexibility index (Phi) is 7.09. The summed E-state index contributed by atoms with van der Waals surface area (Å²) in [6, 6.07) is 17.3. The maximum absolute atomic E-state index is 13.7. The van der Waals surface area contributed by atoms with E-state index in [1.165, 1.54) is 36.4 Å². The van der Waals surface area contributed by atoms with Crippen molar-refractivity contribution in [2.45, 2.75) is 26.2 Å². The van der Waals surface area contributed by atoms with Gasteiger partial charge in [-0.1, -0.05) is 17.7 Å². The third-order valence-electron chi connectivity index (χ3n) is 8.67. The number of nitrogens with zero attached hydrogens (tertiary/aromatic N) is 3. The summed E-state index contributed by atoms with van der Waals surface area (Å²) in [5, 5.41) is 12.8. The molecule has 0 unspecified atom stereocenters. The molecule has 2 bridgehead atoms. The normalized spacial score (nSPS) is 21.9. The minimum Gasteiger partial charge on any atom is -0.423 e. The highest BCUT2D eigenvalue weighted by molar-refractivity contribution is 6.10. The highest BCUT2D eigenvalue weighted by atomic mass is 16.6. The summed E-state index contributed by atoms with van der Waals surface area (Å²) in [6.45, 7) is 1.28. The van der Waals surface area contributed by atoms with E-state index in [2.05, 4.69) is 0 Å². The molecule has 11 nitrogen and oxygen atoms in total. The number of Topliss-reactive ketones (excluding diaryl/α,β-unsaturated/α-hetero) is 1. The molecule has 1 saturated heterocycles. The van der Waals surface area contributed by atoms with Crippen molar-refractivity contribution in [3.63, 3.8) is 0 Å². The molecule has 3 aromatic rings. The van der Waals surface area contributed by atoms with Crippen LogP contribution in [0.15, 0.2) is 72.8 Å². The third-order valence-corrected chi connectivity index (χ3v) is 8.67. The van der Waals surface area contributed by atoms with E-state index in [0.717, 1.165) is 47.0 Å². The van der Waals surface area contributed by atoms with E-state index in [9.17, 15) is 34.1 Å². The van der Waals surface area contributed by atoms with E-state index in [4.69, 9.17) is 4.74 Å². The van der Waals surface area contributed by atoms with Crippen molar-refractivity contribution in [3.05, 3.63) is 105 Å². The Bertz CT molecular complexity index is 1620. The molecule has 0 aromatic heterocycles. The maximum atomic E-state index is 13.7. The molecule has 3 fully saturated rings. The van der Waals surface area contributed by atoms with Crippen LogP contribution >= 0.6 is 0 Å². The number of esters is 1. The highest BCUT2D eigenvalue weighted by Gasteiger charge is 2.62. The van der Waals surface area contributed by atoms with Crippen LogP contribution in [0.5, 0.6) is 5.75 Å². The topological polar surface area (TPSA) is 144 Å². The average Bonchev–Trinajstić information content (AvgIpc) is 3.70. The van der Waals surface area contributed by atoms with Gasteiger partial charge in [-0.05, 0) is 86.6 Å². The molecular weight excluding hydrogens is 554 g/mol. The molecule has 3 amide bonds. The van der Waals surface area contributed by atoms with Gasteiger partial charge in [-0.25, -0.2) is 9.80 Å². The van der Waals surface area contributed by atoms with Crippen LogP contribution in [0.25, 0.3) is 0 Å². The Morgan fingerprint density at radius 1 is 0.837 bits per heavy atom. The van der Waals surface area contributed by atoms with E-state index in [1.807, 2.05) is 6.92 Å². The quantitative estimate of drug-likeness (QED) is 0.0951. The van der Waals surface area contributed by atoms with Gasteiger partial charge in [-0.3, -0.25) is 29.3 Å². The van der Waals surface area contributed by atoms with Gasteiger partial charge in [-0.2, -0.15) is 5.01 Å². The summed E-state index contributed by atoms with van der Waals surface area (Å²) < 4.78 is 5.40. The van der Waals surface area contributed by atoms with E-state index >= 15 is 0 Å². The fourth-order valence-electron chi connectivity index (χ4n) is 6.53. The zero-order chi connectivity index (χ0) is 30.4. The van der Waals surface area contributed by atoms with E-state index < -0.39 is 52.8 Å². The smallest absolute Gasteiger partial charge is 0.343 e. The molecule has 11 heteroatoms. The molecule has 3 aliphatic rings. The molecule has 3 aromatic carbocycles. The summed E-state index contributed by atoms with van der Waals surface area (Å²) in [5.41, 5.74) is 1.27. The Labute approximate surface area is 246 Å². The van der Waals surface area contributed by atoms with Crippen LogP contribution in [0.4, 0.5) is 5.69 Å². The monoisotopic (exact) mass is 581 g/mol. The van der Waals surface area contributed by atoms with Crippen LogP contribution in [0, 0.1) is 40.7 Å². The van der Waals surface area contributed by atoms with Gasteiger partial charge in [0, 0.05) is 23.3 Å². The van der Waals surface area contributed by atoms with Crippen LogP contribution in [-0.4, -0.2) is 51.0 Å². The van der Waals surface area contributed by atoms with Gasteiger partial charge in [0.2, 0.25) is 0 Å². The molecule has 1 aliphatic heterocycles. The Balaban J connectivity index is 1.24. The summed E-state index contributed by atoms with van der Waals surface area (Å²) in [6.07, 6.45) is 2.49. The summed E-state index contributed by atoms with van der Waals surface area (Å²) in [4.78, 5) is 77.2. The molecule has 0 spiro atoms. The second-order valence-corrected chi connectivity index (χ2v) is 11.2. The van der Waals surface area contributed by atoms with Crippen molar-refractivity contribution in [1.29, 1.82) is 0 Å². The van der Waals surface area contributed by atoms with Crippen molar-refractivity contribution < 1.29 is 33.6 Å². The minimum atomic E-state index is -0.805. The van der Waals surface area contributed by atoms with E-state index in [1.54, 1.807) is 24.3 Å². The fraction of sp³-hybridized carbons (Fsp3) is 0.281. The van der Waals surface area contributed by atoms with Crippen molar-refractivity contribution in [1.82, 2.24) is 10.0 Å². The van der Waals surface area contributed by atoms with Gasteiger partial charge in [0.05, 0.1) is 22.3 Å². The number of hydrogen-bond acceptors (Lipinski definition) is 8. The molecular formula is C32H27N3O8. The van der Waals surface area contributed by atoms with Crippen molar-refractivity contribution in [3.8, 4) is 5.75 Å². The Morgan fingerprint density at radius 3 is 1.93 bits per heavy atom. The predicted octanol–water partition coefficient (Wildman–Crippen LogP) is 4.39. The van der Waals surface area contributed by atoms with Gasteiger partial charge < -0.3 is 4.74 Å². The second-order valence-electron chi connectivity index (χ2n) is 11.2. The number of fused-ring (bicyclic) bond motifs is 5. The number of carbonyl (C=O) groups is 5. The molecule has 218 valence electrons. The summed E-state index contributed by atoms with van der Waals surface area (Å²) >= 11 is 0. The Hall–Kier alpha value is -5.19. The van der Waals surface area contributed by atoms with E-state index in [-0.39, 0.29) is 34.4 Å². The predicted molar refractivity (Wildman–Crippen MR) is 151 cm³/mol. The SMILES string of the molecule is Cc1ccc(C(=O)Oc2ccc(C(=O)CN(C(=O)c3ccc([N+](=O)[O-])cc3)N3C(=O)[C@@H]4[C@H]5CC[C@@H](C5)[C@H]4C3=O)cc2)cc1. The first kappa shape index (κ1) is 28.0. The molecule has 6 rings (SSSR count). The number of ether oxygens (including phenoxy) is 1. The van der Waals surface area contributed by atoms with Gasteiger partial charge in [-0.15, -0.1) is 0 Å². The molecule has 2 saturated carbocycles. The van der Waals surface area contributed by atoms with E-state index in [0.29, 0.717) is 5.56 Å². The first-order chi connectivity index (χ1) is 20.6. The lowest BCUT2D eigenvalue weighted by Gasteiger charge is -2.30. The lowest BCUT2D eigenvalue weighted by atomic mass is 9.81. The van der Waals surface area contributed by atoms with Gasteiger partial charge in [0.1, 0.15) is 12.3 Å². The lowest BCUT2D eigenvalue weighted by molar-refractivity contribution is -0.384. The van der Waals surface area contributed by atoms with Crippen molar-refractivity contribution in [2.24, 2.45) is 23.7 Å². The number of non-ortho nitro benzene ring substituents is 1. The van der Waals surface area contributed by atoms with Crippen LogP contribution in [0.2, 0.25) is 0 Å². The maximum Gasteiger partial charge on any atom is 0.343 e. The van der Waals surface area contributed by atoms with Crippen molar-refractivity contribution >= 4 is 35.2 Å². The lowest BCUT2D eigenvalue weighted by Crippen LogP contribution is -2.52. The minimum absolute atomic E-state index is 0.0163. The molecule has 2 aliphatic carbocycles. The standard InChI is InChI=1S/C32H27N3O8/c1-18-2-4-21(5-3-18)32(40)43-25-14-10-19(11-15-25)26(36)17-33(29(37)20-8-12-24(13-9-20)35(41)42)34-30(38)27-22-6-7-23(16-22)28(27)31(34)39/h2-5,8-15,22-23,27-28H,6-7,16-17H2,1H3/t22-,23-,27+,28+/m0/s1. The summed E-state index contributed by atoms with van der Waals surface area (Å²) in [7, 11) is 0.